The first kappa shape index (κ1) is 14.9. The molecule has 1 N–H and O–H groups in total. The minimum absolute atomic E-state index is 0.0173. The molecule has 3 nitrogen and oxygen atoms in total. The Morgan fingerprint density at radius 1 is 1.59 bits per heavy atom. The zero-order valence-electron chi connectivity index (χ0n) is 9.78. The number of aliphatic hydroxyl groups is 1. The van der Waals surface area contributed by atoms with Crippen LogP contribution in [-0.4, -0.2) is 35.6 Å². The summed E-state index contributed by atoms with van der Waals surface area (Å²) in [5.41, 5.74) is 0.688. The van der Waals surface area contributed by atoms with Crippen molar-refractivity contribution in [2.75, 3.05) is 13.6 Å². The molecule has 0 aliphatic heterocycles. The highest BCUT2D eigenvalue weighted by Crippen LogP contribution is 2.19. The van der Waals surface area contributed by atoms with Crippen molar-refractivity contribution in [2.45, 2.75) is 19.4 Å². The second-order valence-corrected chi connectivity index (χ2v) is 6.07. The molecular weight excluding hydrogens is 397 g/mol. The van der Waals surface area contributed by atoms with Gasteiger partial charge in [0, 0.05) is 21.6 Å². The number of amides is 1. The average molecular weight is 412 g/mol. The lowest BCUT2D eigenvalue weighted by Crippen LogP contribution is -2.30. The molecule has 0 bridgehead atoms. The van der Waals surface area contributed by atoms with Gasteiger partial charge in [0.1, 0.15) is 0 Å². The number of rotatable bonds is 4. The summed E-state index contributed by atoms with van der Waals surface area (Å²) >= 11 is 5.51. The van der Waals surface area contributed by atoms with E-state index < -0.39 is 0 Å². The van der Waals surface area contributed by atoms with Crippen LogP contribution in [0, 0.1) is 3.57 Å². The highest BCUT2D eigenvalue weighted by molar-refractivity contribution is 14.1. The predicted octanol–water partition coefficient (Wildman–Crippen LogP) is 2.90. The molecule has 0 aromatic heterocycles. The van der Waals surface area contributed by atoms with Gasteiger partial charge in [-0.3, -0.25) is 4.79 Å². The molecule has 0 fully saturated rings. The number of hydrogen-bond donors (Lipinski definition) is 1. The van der Waals surface area contributed by atoms with Gasteiger partial charge in [-0.25, -0.2) is 0 Å². The molecule has 1 amide bonds. The molecule has 1 unspecified atom stereocenters. The molecule has 0 spiro atoms. The minimum atomic E-state index is -0.383. The van der Waals surface area contributed by atoms with E-state index in [0.29, 0.717) is 18.5 Å². The number of nitrogens with zero attached hydrogens (tertiary/aromatic N) is 1. The van der Waals surface area contributed by atoms with Crippen LogP contribution in [0.4, 0.5) is 0 Å². The second-order valence-electron chi connectivity index (χ2n) is 3.99. The van der Waals surface area contributed by atoms with Crippen LogP contribution in [0.5, 0.6) is 0 Å². The van der Waals surface area contributed by atoms with E-state index >= 15 is 0 Å². The normalized spacial score (nSPS) is 12.3. The van der Waals surface area contributed by atoms with Gasteiger partial charge in [0.15, 0.2) is 0 Å². The third kappa shape index (κ3) is 4.56. The summed E-state index contributed by atoms with van der Waals surface area (Å²) in [5.74, 6) is -0.0173. The van der Waals surface area contributed by atoms with Crippen molar-refractivity contribution in [3.8, 4) is 0 Å². The molecule has 0 radical (unpaired) electrons. The zero-order valence-corrected chi connectivity index (χ0v) is 13.5. The van der Waals surface area contributed by atoms with Crippen molar-refractivity contribution in [1.82, 2.24) is 4.90 Å². The standard InChI is InChI=1S/C12H15BrINO2/c1-8(16)5-6-15(2)12(17)10-7-9(13)3-4-11(10)14/h3-4,7-8,16H,5-6H2,1-2H3. The van der Waals surface area contributed by atoms with Crippen LogP contribution in [0.15, 0.2) is 22.7 Å². The molecule has 0 aliphatic carbocycles. The Morgan fingerprint density at radius 2 is 2.24 bits per heavy atom. The number of carbonyl (C=O) groups is 1. The van der Waals surface area contributed by atoms with E-state index in [4.69, 9.17) is 0 Å². The van der Waals surface area contributed by atoms with Crippen molar-refractivity contribution in [1.29, 1.82) is 0 Å². The fourth-order valence-corrected chi connectivity index (χ4v) is 2.28. The molecule has 5 heteroatoms. The number of hydrogen-bond acceptors (Lipinski definition) is 2. The van der Waals surface area contributed by atoms with Crippen LogP contribution >= 0.6 is 38.5 Å². The maximum atomic E-state index is 12.1. The van der Waals surface area contributed by atoms with E-state index in [-0.39, 0.29) is 12.0 Å². The Kier molecular flexibility index (Phi) is 5.88. The lowest BCUT2D eigenvalue weighted by atomic mass is 10.2. The van der Waals surface area contributed by atoms with Gasteiger partial charge in [-0.15, -0.1) is 0 Å². The number of halogens is 2. The van der Waals surface area contributed by atoms with Crippen LogP contribution in [0.3, 0.4) is 0 Å². The number of aliphatic hydroxyl groups excluding tert-OH is 1. The first-order chi connectivity index (χ1) is 7.91. The predicted molar refractivity (Wildman–Crippen MR) is 80.1 cm³/mol. The van der Waals surface area contributed by atoms with Crippen LogP contribution < -0.4 is 0 Å². The summed E-state index contributed by atoms with van der Waals surface area (Å²) in [5, 5.41) is 9.21. The Labute approximate surface area is 123 Å². The second kappa shape index (κ2) is 6.70. The first-order valence-corrected chi connectivity index (χ1v) is 7.17. The van der Waals surface area contributed by atoms with E-state index in [1.54, 1.807) is 18.9 Å². The summed E-state index contributed by atoms with van der Waals surface area (Å²) in [7, 11) is 1.75. The fourth-order valence-electron chi connectivity index (χ4n) is 1.35. The molecule has 1 atom stereocenters. The summed E-state index contributed by atoms with van der Waals surface area (Å²) in [4.78, 5) is 13.8. The quantitative estimate of drug-likeness (QED) is 0.774. The molecule has 17 heavy (non-hydrogen) atoms. The summed E-state index contributed by atoms with van der Waals surface area (Å²) < 4.78 is 1.82. The molecule has 0 heterocycles. The van der Waals surface area contributed by atoms with Gasteiger partial charge in [-0.1, -0.05) is 15.9 Å². The van der Waals surface area contributed by atoms with Crippen molar-refractivity contribution in [2.24, 2.45) is 0 Å². The Balaban J connectivity index is 2.78. The van der Waals surface area contributed by atoms with Crippen LogP contribution in [0.1, 0.15) is 23.7 Å². The van der Waals surface area contributed by atoms with Gasteiger partial charge in [0.05, 0.1) is 11.7 Å². The van der Waals surface area contributed by atoms with Gasteiger partial charge in [-0.2, -0.15) is 0 Å². The summed E-state index contributed by atoms with van der Waals surface area (Å²) in [6.07, 6.45) is 0.208. The van der Waals surface area contributed by atoms with E-state index in [1.807, 2.05) is 18.2 Å². The van der Waals surface area contributed by atoms with Crippen molar-refractivity contribution in [3.63, 3.8) is 0 Å². The Bertz CT molecular complexity index is 409. The van der Waals surface area contributed by atoms with E-state index in [1.165, 1.54) is 0 Å². The highest BCUT2D eigenvalue weighted by Gasteiger charge is 2.15. The SMILES string of the molecule is CC(O)CCN(C)C(=O)c1cc(Br)ccc1I. The van der Waals surface area contributed by atoms with Crippen LogP contribution in [0.2, 0.25) is 0 Å². The van der Waals surface area contributed by atoms with Crippen LogP contribution in [-0.2, 0) is 0 Å². The molecule has 0 saturated carbocycles. The largest absolute Gasteiger partial charge is 0.393 e. The first-order valence-electron chi connectivity index (χ1n) is 5.30. The number of benzene rings is 1. The van der Waals surface area contributed by atoms with E-state index in [2.05, 4.69) is 38.5 Å². The van der Waals surface area contributed by atoms with Gasteiger partial charge < -0.3 is 10.0 Å². The molecule has 0 saturated heterocycles. The Morgan fingerprint density at radius 3 is 2.82 bits per heavy atom. The third-order valence-electron chi connectivity index (χ3n) is 2.39. The maximum Gasteiger partial charge on any atom is 0.254 e. The van der Waals surface area contributed by atoms with Gasteiger partial charge in [0.25, 0.3) is 5.91 Å². The fraction of sp³-hybridized carbons (Fsp3) is 0.417. The van der Waals surface area contributed by atoms with Gasteiger partial charge in [0.2, 0.25) is 0 Å². The highest BCUT2D eigenvalue weighted by atomic mass is 127. The lowest BCUT2D eigenvalue weighted by molar-refractivity contribution is 0.0768. The molecule has 1 aromatic carbocycles. The molecule has 1 aromatic rings. The van der Waals surface area contributed by atoms with Crippen molar-refractivity contribution in [3.05, 3.63) is 31.8 Å². The zero-order chi connectivity index (χ0) is 13.0. The topological polar surface area (TPSA) is 40.5 Å². The Hall–Kier alpha value is -0.140. The third-order valence-corrected chi connectivity index (χ3v) is 3.82. The summed E-state index contributed by atoms with van der Waals surface area (Å²) in [6.45, 7) is 2.28. The molecule has 0 aliphatic rings. The van der Waals surface area contributed by atoms with E-state index in [0.717, 1.165) is 8.04 Å². The molecule has 1 rings (SSSR count). The molecular formula is C12H15BrINO2. The summed E-state index contributed by atoms with van der Waals surface area (Å²) in [6, 6.07) is 5.64. The minimum Gasteiger partial charge on any atom is -0.393 e. The maximum absolute atomic E-state index is 12.1. The van der Waals surface area contributed by atoms with Crippen molar-refractivity contribution >= 4 is 44.4 Å². The monoisotopic (exact) mass is 411 g/mol. The van der Waals surface area contributed by atoms with Gasteiger partial charge in [-0.05, 0) is 54.1 Å². The average Bonchev–Trinajstić information content (AvgIpc) is 2.28. The number of carbonyl (C=O) groups excluding carboxylic acids is 1. The van der Waals surface area contributed by atoms with E-state index in [9.17, 15) is 9.90 Å². The smallest absolute Gasteiger partial charge is 0.254 e. The van der Waals surface area contributed by atoms with Gasteiger partial charge >= 0.3 is 0 Å². The lowest BCUT2D eigenvalue weighted by Gasteiger charge is -2.18. The van der Waals surface area contributed by atoms with Crippen LogP contribution in [0.25, 0.3) is 0 Å². The molecule has 94 valence electrons. The van der Waals surface area contributed by atoms with Crippen molar-refractivity contribution < 1.29 is 9.90 Å².